The van der Waals surface area contributed by atoms with Crippen molar-refractivity contribution in [3.8, 4) is 11.3 Å². The van der Waals surface area contributed by atoms with Gasteiger partial charge in [0.2, 0.25) is 0 Å². The number of pyridine rings is 1. The monoisotopic (exact) mass is 927 g/mol. The number of carbonyl (C=O) groups excluding carboxylic acids is 1. The first kappa shape index (κ1) is 44.8. The van der Waals surface area contributed by atoms with Crippen molar-refractivity contribution in [1.29, 1.82) is 0 Å². The van der Waals surface area contributed by atoms with Crippen LogP contribution >= 0.6 is 11.3 Å². The number of allylic oxidation sites excluding steroid dienone is 2. The topological polar surface area (TPSA) is 50.2 Å². The Bertz CT molecular complexity index is 2070. The fourth-order valence-corrected chi connectivity index (χ4v) is 11.4. The fraction of sp³-hybridized carbons (Fsp3) is 0.489. The van der Waals surface area contributed by atoms with Gasteiger partial charge in [-0.05, 0) is 71.0 Å². The van der Waals surface area contributed by atoms with Gasteiger partial charge < -0.3 is 5.11 Å². The Morgan fingerprint density at radius 3 is 1.98 bits per heavy atom. The van der Waals surface area contributed by atoms with E-state index in [4.69, 9.17) is 4.98 Å². The third kappa shape index (κ3) is 9.61. The van der Waals surface area contributed by atoms with E-state index in [2.05, 4.69) is 109 Å². The van der Waals surface area contributed by atoms with Gasteiger partial charge in [0.05, 0.1) is 8.07 Å². The Balaban J connectivity index is 0.000000359. The summed E-state index contributed by atoms with van der Waals surface area (Å²) < 4.78 is 2.76. The first-order valence-corrected chi connectivity index (χ1v) is 23.8. The maximum atomic E-state index is 12.2. The summed E-state index contributed by atoms with van der Waals surface area (Å²) in [6, 6.07) is 21.7. The molecule has 0 atom stereocenters. The van der Waals surface area contributed by atoms with E-state index in [0.717, 1.165) is 48.7 Å². The number of ketones is 1. The Morgan fingerprint density at radius 2 is 1.43 bits per heavy atom. The van der Waals surface area contributed by atoms with Gasteiger partial charge in [-0.3, -0.25) is 9.78 Å². The molecule has 1 radical (unpaired) electrons. The zero-order valence-corrected chi connectivity index (χ0v) is 39.1. The van der Waals surface area contributed by atoms with E-state index in [1.807, 2.05) is 59.1 Å². The number of aliphatic hydroxyl groups excluding tert-OH is 1. The maximum absolute atomic E-state index is 12.2. The summed E-state index contributed by atoms with van der Waals surface area (Å²) >= 11 is 1.95. The number of aliphatic hydroxyl groups is 1. The van der Waals surface area contributed by atoms with Crippen molar-refractivity contribution in [3.05, 3.63) is 83.8 Å². The molecule has 3 aromatic carbocycles. The van der Waals surface area contributed by atoms with Gasteiger partial charge in [-0.2, -0.15) is 0 Å². The average Bonchev–Trinajstić information content (AvgIpc) is 3.47. The minimum Gasteiger partial charge on any atom is -0.512 e. The predicted octanol–water partition coefficient (Wildman–Crippen LogP) is 13.8. The number of hydrogen-bond donors (Lipinski definition) is 1. The number of hydrogen-bond acceptors (Lipinski definition) is 4. The number of rotatable bonds is 11. The van der Waals surface area contributed by atoms with Gasteiger partial charge >= 0.3 is 0 Å². The second-order valence-corrected chi connectivity index (χ2v) is 23.8. The summed E-state index contributed by atoms with van der Waals surface area (Å²) in [4.78, 5) is 17.1. The first-order chi connectivity index (χ1) is 24.2. The molecule has 53 heavy (non-hydrogen) atoms. The van der Waals surface area contributed by atoms with Crippen LogP contribution in [0.15, 0.2) is 66.6 Å². The van der Waals surface area contributed by atoms with Crippen LogP contribution in [0.5, 0.6) is 0 Å². The molecule has 289 valence electrons. The van der Waals surface area contributed by atoms with Crippen molar-refractivity contribution in [2.75, 3.05) is 0 Å². The van der Waals surface area contributed by atoms with Crippen LogP contribution in [0.25, 0.3) is 42.2 Å². The Hall–Kier alpha value is -2.63. The van der Waals surface area contributed by atoms with Crippen molar-refractivity contribution < 1.29 is 30.0 Å². The van der Waals surface area contributed by atoms with Gasteiger partial charge in [-0.25, -0.2) is 0 Å². The zero-order valence-electron chi connectivity index (χ0n) is 34.9. The molecule has 2 heterocycles. The Morgan fingerprint density at radius 1 is 0.849 bits per heavy atom. The van der Waals surface area contributed by atoms with Crippen LogP contribution in [-0.2, 0) is 36.7 Å². The fourth-order valence-electron chi connectivity index (χ4n) is 7.09. The molecule has 5 rings (SSSR count). The molecule has 0 aliphatic carbocycles. The maximum Gasteiger partial charge on any atom is 0.164 e. The summed E-state index contributed by atoms with van der Waals surface area (Å²) in [5, 5.41) is 16.9. The standard InChI is InChI=1S/C32H36NSSi.C15H28O2.Ir/c1-20(2)17-22-13-14-25-26-15-16-33-28(29(26)34-30(25)31(22)35(6,7)8)23-18-21-11-9-10-12-24(21)27(19-23)32(3,4)5;1-7-14(5,8-2)12(16)11-13(17)15(6,9-3)10-4;/h9-16,19-20H,17H2,1-8H3;11,16H,7-10H2,1-6H3;/q-1;;/b;12-11-;. The third-order valence-electron chi connectivity index (χ3n) is 11.5. The van der Waals surface area contributed by atoms with Crippen LogP contribution in [0.4, 0.5) is 0 Å². The van der Waals surface area contributed by atoms with Gasteiger partial charge in [0.25, 0.3) is 0 Å². The van der Waals surface area contributed by atoms with E-state index in [0.29, 0.717) is 5.92 Å². The number of aromatic nitrogens is 1. The summed E-state index contributed by atoms with van der Waals surface area (Å²) in [5.41, 5.74) is 4.49. The summed E-state index contributed by atoms with van der Waals surface area (Å²) in [7, 11) is -1.56. The van der Waals surface area contributed by atoms with Crippen LogP contribution < -0.4 is 5.19 Å². The van der Waals surface area contributed by atoms with E-state index in [1.54, 1.807) is 10.8 Å². The van der Waals surface area contributed by atoms with E-state index >= 15 is 0 Å². The molecule has 5 aromatic rings. The first-order valence-electron chi connectivity index (χ1n) is 19.5. The quantitative estimate of drug-likeness (QED) is 0.0621. The van der Waals surface area contributed by atoms with Crippen LogP contribution in [0, 0.1) is 22.8 Å². The molecule has 0 aliphatic rings. The van der Waals surface area contributed by atoms with E-state index in [1.165, 1.54) is 37.2 Å². The van der Waals surface area contributed by atoms with Gasteiger partial charge in [0, 0.05) is 58.3 Å². The molecule has 0 bridgehead atoms. The molecule has 1 N–H and O–H groups in total. The summed E-state index contributed by atoms with van der Waals surface area (Å²) in [5.74, 6) is 0.936. The molecule has 3 nitrogen and oxygen atoms in total. The molecule has 2 aromatic heterocycles. The van der Waals surface area contributed by atoms with Crippen LogP contribution in [0.2, 0.25) is 19.6 Å². The molecule has 0 saturated carbocycles. The van der Waals surface area contributed by atoms with Crippen LogP contribution in [-0.4, -0.2) is 23.9 Å². The molecule has 6 heteroatoms. The second-order valence-electron chi connectivity index (χ2n) is 17.8. The van der Waals surface area contributed by atoms with E-state index in [9.17, 15) is 9.90 Å². The third-order valence-corrected chi connectivity index (χ3v) is 15.0. The van der Waals surface area contributed by atoms with Gasteiger partial charge in [-0.15, -0.1) is 40.5 Å². The molecular weight excluding hydrogens is 863 g/mol. The SMILES string of the molecule is CC(C)Cc1ccc2c(sc3c(-c4[c-]c5ccccc5c(C(C)(C)C)c4)nccc32)c1[Si](C)(C)C.CCC(C)(CC)C(=O)/C=C(\O)C(C)(CC)CC.[Ir]. The van der Waals surface area contributed by atoms with E-state index in [-0.39, 0.29) is 47.9 Å². The minimum absolute atomic E-state index is 0. The summed E-state index contributed by atoms with van der Waals surface area (Å²) in [6.07, 6.45) is 7.88. The van der Waals surface area contributed by atoms with Crippen LogP contribution in [0.1, 0.15) is 113 Å². The van der Waals surface area contributed by atoms with Gasteiger partial charge in [0.15, 0.2) is 5.78 Å². The van der Waals surface area contributed by atoms with Crippen molar-refractivity contribution >= 4 is 61.3 Å². The normalized spacial score (nSPS) is 13.0. The molecular formula is C47H64IrNO2SSi-. The van der Waals surface area contributed by atoms with E-state index < -0.39 is 8.07 Å². The molecule has 0 fully saturated rings. The number of benzene rings is 3. The zero-order chi connectivity index (χ0) is 38.8. The number of carbonyl (C=O) groups is 1. The molecule has 0 aliphatic heterocycles. The van der Waals surface area contributed by atoms with Crippen molar-refractivity contribution in [3.63, 3.8) is 0 Å². The number of thiophene rings is 1. The summed E-state index contributed by atoms with van der Waals surface area (Å²) in [6.45, 7) is 31.1. The molecule has 0 unspecified atom stereocenters. The largest absolute Gasteiger partial charge is 0.512 e. The molecule has 0 saturated heterocycles. The Labute approximate surface area is 339 Å². The van der Waals surface area contributed by atoms with Crippen LogP contribution in [0.3, 0.4) is 0 Å². The molecule has 0 spiro atoms. The smallest absolute Gasteiger partial charge is 0.164 e. The number of fused-ring (bicyclic) bond motifs is 4. The Kier molecular flexibility index (Phi) is 14.7. The number of nitrogens with zero attached hydrogens (tertiary/aromatic N) is 1. The van der Waals surface area contributed by atoms with Gasteiger partial charge in [-0.1, -0.05) is 137 Å². The minimum atomic E-state index is -1.56. The average molecular weight is 927 g/mol. The van der Waals surface area contributed by atoms with Gasteiger partial charge in [0.1, 0.15) is 5.76 Å². The van der Waals surface area contributed by atoms with Crippen molar-refractivity contribution in [1.82, 2.24) is 4.98 Å². The predicted molar refractivity (Wildman–Crippen MR) is 232 cm³/mol. The van der Waals surface area contributed by atoms with Crippen molar-refractivity contribution in [2.24, 2.45) is 16.7 Å². The second kappa shape index (κ2) is 17.4. The molecule has 0 amide bonds. The van der Waals surface area contributed by atoms with Crippen molar-refractivity contribution in [2.45, 2.75) is 133 Å².